The minimum absolute atomic E-state index is 0.190. The summed E-state index contributed by atoms with van der Waals surface area (Å²) in [7, 11) is 0. The summed E-state index contributed by atoms with van der Waals surface area (Å²) in [5.74, 6) is -0.190. The Balaban J connectivity index is 2.04. The van der Waals surface area contributed by atoms with E-state index in [2.05, 4.69) is 5.32 Å². The Bertz CT molecular complexity index is 532. The summed E-state index contributed by atoms with van der Waals surface area (Å²) in [6.45, 7) is 2.14. The van der Waals surface area contributed by atoms with Crippen LogP contribution >= 0.6 is 0 Å². The Morgan fingerprint density at radius 3 is 2.89 bits per heavy atom. The van der Waals surface area contributed by atoms with Crippen LogP contribution in [0.5, 0.6) is 0 Å². The summed E-state index contributed by atoms with van der Waals surface area (Å²) in [5.41, 5.74) is 1.75. The van der Waals surface area contributed by atoms with Crippen molar-refractivity contribution >= 4 is 12.0 Å². The number of amides is 2. The molecule has 0 unspecified atom stereocenters. The lowest BCUT2D eigenvalue weighted by Gasteiger charge is -2.27. The van der Waals surface area contributed by atoms with Gasteiger partial charge in [0, 0.05) is 19.6 Å². The van der Waals surface area contributed by atoms with E-state index in [9.17, 15) is 9.59 Å². The van der Waals surface area contributed by atoms with Crippen LogP contribution in [0.2, 0.25) is 0 Å². The zero-order valence-electron chi connectivity index (χ0n) is 10.4. The second kappa shape index (κ2) is 4.55. The number of carbonyl (C=O) groups is 2. The topological polar surface area (TPSA) is 72.9 Å². The fourth-order valence-electron chi connectivity index (χ4n) is 2.78. The molecule has 1 aromatic rings. The zero-order chi connectivity index (χ0) is 13.4. The summed E-state index contributed by atoms with van der Waals surface area (Å²) in [5, 5.41) is 14.9. The molecule has 0 radical (unpaired) electrons. The summed E-state index contributed by atoms with van der Waals surface area (Å²) in [6.07, 6.45) is -0.256. The van der Waals surface area contributed by atoms with Crippen LogP contribution in [0.15, 0.2) is 24.3 Å². The van der Waals surface area contributed by atoms with Gasteiger partial charge in [-0.3, -0.25) is 9.80 Å². The van der Waals surface area contributed by atoms with Crippen LogP contribution in [-0.4, -0.2) is 40.2 Å². The van der Waals surface area contributed by atoms with E-state index in [1.807, 2.05) is 29.3 Å². The van der Waals surface area contributed by atoms with Crippen molar-refractivity contribution in [2.75, 3.05) is 13.1 Å². The Kier molecular flexibility index (Phi) is 2.87. The average Bonchev–Trinajstić information content (AvgIpc) is 2.80. The molecule has 2 amide bonds. The van der Waals surface area contributed by atoms with Gasteiger partial charge in [0.25, 0.3) is 5.91 Å². The van der Waals surface area contributed by atoms with Crippen molar-refractivity contribution in [3.63, 3.8) is 0 Å². The van der Waals surface area contributed by atoms with Gasteiger partial charge in [0.1, 0.15) is 6.04 Å². The van der Waals surface area contributed by atoms with Crippen LogP contribution < -0.4 is 5.32 Å². The van der Waals surface area contributed by atoms with Crippen molar-refractivity contribution in [1.29, 1.82) is 0 Å². The fourth-order valence-corrected chi connectivity index (χ4v) is 2.78. The zero-order valence-corrected chi connectivity index (χ0v) is 10.4. The standard InChI is InChI=1S/C13H15N3O3/c17-12-11(14-13(18)19)10-5-2-1-4-9(10)8-15-6-3-7-16(12)15/h1-2,4-5,11,14H,3,6-8H2,(H,18,19)/t11-/m1/s1. The molecule has 1 atom stereocenters. The summed E-state index contributed by atoms with van der Waals surface area (Å²) in [4.78, 5) is 23.4. The maximum atomic E-state index is 12.5. The highest BCUT2D eigenvalue weighted by atomic mass is 16.4. The number of carbonyl (C=O) groups excluding carboxylic acids is 1. The van der Waals surface area contributed by atoms with Gasteiger partial charge in [-0.2, -0.15) is 0 Å². The summed E-state index contributed by atoms with van der Waals surface area (Å²) >= 11 is 0. The predicted molar refractivity (Wildman–Crippen MR) is 67.1 cm³/mol. The molecule has 2 N–H and O–H groups in total. The molecular weight excluding hydrogens is 246 g/mol. The van der Waals surface area contributed by atoms with Crippen molar-refractivity contribution < 1.29 is 14.7 Å². The summed E-state index contributed by atoms with van der Waals surface area (Å²) in [6, 6.07) is 6.69. The van der Waals surface area contributed by atoms with Gasteiger partial charge < -0.3 is 10.4 Å². The molecule has 6 heteroatoms. The van der Waals surface area contributed by atoms with E-state index in [1.54, 1.807) is 5.01 Å². The Labute approximate surface area is 110 Å². The molecule has 2 heterocycles. The number of hydrogen-bond acceptors (Lipinski definition) is 3. The van der Waals surface area contributed by atoms with E-state index in [0.29, 0.717) is 13.1 Å². The SMILES string of the molecule is O=C(O)N[C@H]1C(=O)N2CCCN2Cc2ccccc21. The maximum Gasteiger partial charge on any atom is 0.405 e. The number of fused-ring (bicyclic) bond motifs is 2. The number of hydrogen-bond donors (Lipinski definition) is 2. The molecule has 6 nitrogen and oxygen atoms in total. The molecule has 2 aliphatic rings. The molecule has 1 saturated heterocycles. The molecule has 0 aliphatic carbocycles. The molecule has 1 fully saturated rings. The normalized spacial score (nSPS) is 22.6. The van der Waals surface area contributed by atoms with Crippen molar-refractivity contribution in [3.8, 4) is 0 Å². The number of benzene rings is 1. The van der Waals surface area contributed by atoms with E-state index >= 15 is 0 Å². The smallest absolute Gasteiger partial charge is 0.405 e. The minimum Gasteiger partial charge on any atom is -0.465 e. The molecule has 2 aliphatic heterocycles. The molecular formula is C13H15N3O3. The van der Waals surface area contributed by atoms with Gasteiger partial charge in [-0.1, -0.05) is 24.3 Å². The molecule has 3 rings (SSSR count). The maximum absolute atomic E-state index is 12.5. The second-order valence-corrected chi connectivity index (χ2v) is 4.78. The van der Waals surface area contributed by atoms with Crippen LogP contribution in [0.4, 0.5) is 4.79 Å². The third-order valence-electron chi connectivity index (χ3n) is 3.62. The van der Waals surface area contributed by atoms with Crippen molar-refractivity contribution in [2.24, 2.45) is 0 Å². The number of hydrazine groups is 1. The predicted octanol–water partition coefficient (Wildman–Crippen LogP) is 0.958. The lowest BCUT2D eigenvalue weighted by Crippen LogP contribution is -2.45. The van der Waals surface area contributed by atoms with E-state index < -0.39 is 12.1 Å². The van der Waals surface area contributed by atoms with Gasteiger partial charge in [0.05, 0.1) is 0 Å². The minimum atomic E-state index is -1.18. The molecule has 0 saturated carbocycles. The Morgan fingerprint density at radius 1 is 1.32 bits per heavy atom. The van der Waals surface area contributed by atoms with Gasteiger partial charge in [0.15, 0.2) is 0 Å². The monoisotopic (exact) mass is 261 g/mol. The van der Waals surface area contributed by atoms with Crippen molar-refractivity contribution in [2.45, 2.75) is 19.0 Å². The van der Waals surface area contributed by atoms with E-state index in [1.165, 1.54) is 0 Å². The van der Waals surface area contributed by atoms with Crippen LogP contribution in [-0.2, 0) is 11.3 Å². The van der Waals surface area contributed by atoms with Gasteiger partial charge in [-0.25, -0.2) is 9.80 Å². The third kappa shape index (κ3) is 2.04. The Morgan fingerprint density at radius 2 is 2.11 bits per heavy atom. The molecule has 0 bridgehead atoms. The van der Waals surface area contributed by atoms with Gasteiger partial charge in [-0.15, -0.1) is 0 Å². The second-order valence-electron chi connectivity index (χ2n) is 4.78. The number of nitrogens with one attached hydrogen (secondary N) is 1. The highest BCUT2D eigenvalue weighted by Gasteiger charge is 2.37. The van der Waals surface area contributed by atoms with Gasteiger partial charge >= 0.3 is 6.09 Å². The Hall–Kier alpha value is -2.08. The van der Waals surface area contributed by atoms with Gasteiger partial charge in [0.2, 0.25) is 0 Å². The third-order valence-corrected chi connectivity index (χ3v) is 3.62. The van der Waals surface area contributed by atoms with Crippen LogP contribution in [0, 0.1) is 0 Å². The first kappa shape index (κ1) is 12.0. The largest absolute Gasteiger partial charge is 0.465 e. The number of carboxylic acid groups (broad SMARTS) is 1. The molecule has 100 valence electrons. The van der Waals surface area contributed by atoms with Crippen molar-refractivity contribution in [3.05, 3.63) is 35.4 Å². The lowest BCUT2D eigenvalue weighted by atomic mass is 10.00. The average molecular weight is 261 g/mol. The van der Waals surface area contributed by atoms with Crippen LogP contribution in [0.1, 0.15) is 23.6 Å². The first-order valence-corrected chi connectivity index (χ1v) is 6.30. The number of nitrogens with zero attached hydrogens (tertiary/aromatic N) is 2. The lowest BCUT2D eigenvalue weighted by molar-refractivity contribution is -0.145. The van der Waals surface area contributed by atoms with Crippen LogP contribution in [0.3, 0.4) is 0 Å². The molecule has 0 aromatic heterocycles. The summed E-state index contributed by atoms with van der Waals surface area (Å²) < 4.78 is 0. The molecule has 19 heavy (non-hydrogen) atoms. The van der Waals surface area contributed by atoms with Crippen LogP contribution in [0.25, 0.3) is 0 Å². The highest BCUT2D eigenvalue weighted by Crippen LogP contribution is 2.29. The van der Waals surface area contributed by atoms with E-state index in [-0.39, 0.29) is 5.91 Å². The molecule has 1 aromatic carbocycles. The number of rotatable bonds is 1. The fraction of sp³-hybridized carbons (Fsp3) is 0.385. The first-order chi connectivity index (χ1) is 9.16. The van der Waals surface area contributed by atoms with E-state index in [4.69, 9.17) is 5.11 Å². The highest BCUT2D eigenvalue weighted by molar-refractivity contribution is 5.87. The molecule has 0 spiro atoms. The van der Waals surface area contributed by atoms with Crippen molar-refractivity contribution in [1.82, 2.24) is 15.3 Å². The quantitative estimate of drug-likeness (QED) is 0.789. The van der Waals surface area contributed by atoms with Gasteiger partial charge in [-0.05, 0) is 17.5 Å². The van der Waals surface area contributed by atoms with E-state index in [0.717, 1.165) is 24.1 Å². The first-order valence-electron chi connectivity index (χ1n) is 6.30.